The molecule has 2 heterocycles. The zero-order valence-corrected chi connectivity index (χ0v) is 29.3. The highest BCUT2D eigenvalue weighted by Gasteiger charge is 2.25. The van der Waals surface area contributed by atoms with E-state index >= 15 is 0 Å². The van der Waals surface area contributed by atoms with E-state index in [1.54, 1.807) is 6.07 Å². The van der Waals surface area contributed by atoms with Crippen molar-refractivity contribution < 1.29 is 5.11 Å². The summed E-state index contributed by atoms with van der Waals surface area (Å²) in [5.41, 5.74) is 14.6. The molecule has 0 aliphatic carbocycles. The summed E-state index contributed by atoms with van der Waals surface area (Å²) in [6.45, 7) is 15.7. The first kappa shape index (κ1) is 33.0. The molecule has 0 aliphatic rings. The molecular weight excluding hydrogens is 583 g/mol. The highest BCUT2D eigenvalue weighted by Crippen LogP contribution is 2.33. The molecule has 1 N–H and O–H groups in total. The zero-order valence-electron chi connectivity index (χ0n) is 29.3. The third-order valence-corrected chi connectivity index (χ3v) is 9.12. The summed E-state index contributed by atoms with van der Waals surface area (Å²) in [6, 6.07) is 40.3. The Morgan fingerprint density at radius 3 is 1.94 bits per heavy atom. The summed E-state index contributed by atoms with van der Waals surface area (Å²) in [5, 5.41) is 10.7. The lowest BCUT2D eigenvalue weighted by Gasteiger charge is -2.23. The standard InChI is InChI=1S/C44H45BN2O/c1-29(2)22-32-25-39(47-40(26-32)38-18-8-9-19-41(38)48)33-14-12-16-36(27-33)45(42-20-10-11-21-46-42)37-17-13-15-34(28-37)43-30(3)23-35(24-31(43)4)44(5,6)7/h8-21,23-29,48H,22H2,1-7H3. The van der Waals surface area contributed by atoms with Gasteiger partial charge in [-0.15, -0.1) is 0 Å². The number of aromatic nitrogens is 2. The summed E-state index contributed by atoms with van der Waals surface area (Å²) in [7, 11) is 0. The Morgan fingerprint density at radius 1 is 0.688 bits per heavy atom. The fraction of sp³-hybridized carbons (Fsp3) is 0.227. The Hall–Kier alpha value is -4.96. The van der Waals surface area contributed by atoms with Crippen LogP contribution in [0.1, 0.15) is 56.9 Å². The first-order chi connectivity index (χ1) is 23.0. The summed E-state index contributed by atoms with van der Waals surface area (Å²) >= 11 is 0. The van der Waals surface area contributed by atoms with Crippen molar-refractivity contribution in [2.75, 3.05) is 0 Å². The van der Waals surface area contributed by atoms with Crippen LogP contribution < -0.4 is 16.5 Å². The van der Waals surface area contributed by atoms with E-state index in [4.69, 9.17) is 9.97 Å². The van der Waals surface area contributed by atoms with Crippen LogP contribution in [0.3, 0.4) is 0 Å². The number of aromatic hydroxyl groups is 1. The van der Waals surface area contributed by atoms with Crippen molar-refractivity contribution in [1.82, 2.24) is 9.97 Å². The summed E-state index contributed by atoms with van der Waals surface area (Å²) in [6.07, 6.45) is 2.81. The Bertz CT molecular complexity index is 2040. The molecule has 0 unspecified atom stereocenters. The molecule has 6 rings (SSSR count). The molecule has 48 heavy (non-hydrogen) atoms. The van der Waals surface area contributed by atoms with Gasteiger partial charge in [0.05, 0.1) is 11.4 Å². The van der Waals surface area contributed by atoms with Crippen LogP contribution in [0.2, 0.25) is 0 Å². The predicted octanol–water partition coefficient (Wildman–Crippen LogP) is 8.81. The van der Waals surface area contributed by atoms with Gasteiger partial charge >= 0.3 is 0 Å². The second-order valence-electron chi connectivity index (χ2n) is 14.5. The normalized spacial score (nSPS) is 11.6. The molecule has 3 nitrogen and oxygen atoms in total. The Balaban J connectivity index is 1.47. The third-order valence-electron chi connectivity index (χ3n) is 9.12. The van der Waals surface area contributed by atoms with Crippen molar-refractivity contribution in [2.45, 2.75) is 60.3 Å². The van der Waals surface area contributed by atoms with Gasteiger partial charge in [-0.05, 0) is 107 Å². The number of nitrogens with zero attached hydrogens (tertiary/aromatic N) is 2. The first-order valence-electron chi connectivity index (χ1n) is 17.0. The number of hydrogen-bond donors (Lipinski definition) is 1. The second-order valence-corrected chi connectivity index (χ2v) is 14.5. The van der Waals surface area contributed by atoms with Crippen LogP contribution in [-0.4, -0.2) is 21.8 Å². The molecule has 240 valence electrons. The molecule has 0 spiro atoms. The van der Waals surface area contributed by atoms with Crippen LogP contribution in [0.4, 0.5) is 0 Å². The molecule has 0 saturated heterocycles. The SMILES string of the molecule is Cc1cc(C(C)(C)C)cc(C)c1-c1cccc(B(c2cccc(-c3cc(CC(C)C)cc(-c4ccccc4O)n3)c2)c2ccccn2)c1. The Morgan fingerprint density at radius 2 is 1.31 bits per heavy atom. The number of benzene rings is 4. The van der Waals surface area contributed by atoms with Gasteiger partial charge < -0.3 is 5.11 Å². The van der Waals surface area contributed by atoms with E-state index in [2.05, 4.69) is 133 Å². The van der Waals surface area contributed by atoms with Gasteiger partial charge in [0, 0.05) is 17.4 Å². The second kappa shape index (κ2) is 13.6. The van der Waals surface area contributed by atoms with E-state index in [1.807, 2.05) is 30.5 Å². The molecule has 6 aromatic rings. The molecule has 2 aromatic heterocycles. The number of rotatable bonds is 8. The maximum Gasteiger partial charge on any atom is 0.265 e. The fourth-order valence-corrected chi connectivity index (χ4v) is 6.84. The van der Waals surface area contributed by atoms with Crippen molar-refractivity contribution in [3.05, 3.63) is 144 Å². The topological polar surface area (TPSA) is 46.0 Å². The van der Waals surface area contributed by atoms with Crippen molar-refractivity contribution in [3.8, 4) is 39.4 Å². The van der Waals surface area contributed by atoms with Gasteiger partial charge in [-0.25, -0.2) is 4.98 Å². The molecular formula is C44H45BN2O. The van der Waals surface area contributed by atoms with Crippen LogP contribution in [-0.2, 0) is 11.8 Å². The number of hydrogen-bond acceptors (Lipinski definition) is 3. The van der Waals surface area contributed by atoms with Crippen LogP contribution in [0.25, 0.3) is 33.6 Å². The van der Waals surface area contributed by atoms with Gasteiger partial charge in [0.15, 0.2) is 0 Å². The van der Waals surface area contributed by atoms with Gasteiger partial charge in [0.25, 0.3) is 6.71 Å². The van der Waals surface area contributed by atoms with E-state index < -0.39 is 0 Å². The number of aryl methyl sites for hydroxylation is 2. The van der Waals surface area contributed by atoms with Crippen molar-refractivity contribution >= 4 is 23.2 Å². The predicted molar refractivity (Wildman–Crippen MR) is 204 cm³/mol. The van der Waals surface area contributed by atoms with Crippen molar-refractivity contribution in [1.29, 1.82) is 0 Å². The summed E-state index contributed by atoms with van der Waals surface area (Å²) in [4.78, 5) is 9.99. The first-order valence-corrected chi connectivity index (χ1v) is 17.0. The zero-order chi connectivity index (χ0) is 34.0. The quantitative estimate of drug-likeness (QED) is 0.171. The van der Waals surface area contributed by atoms with Gasteiger partial charge in [0.2, 0.25) is 0 Å². The largest absolute Gasteiger partial charge is 0.507 e. The molecule has 0 aliphatic heterocycles. The maximum absolute atomic E-state index is 10.7. The van der Waals surface area contributed by atoms with E-state index in [1.165, 1.54) is 38.8 Å². The van der Waals surface area contributed by atoms with E-state index in [-0.39, 0.29) is 17.9 Å². The summed E-state index contributed by atoms with van der Waals surface area (Å²) < 4.78 is 0. The molecule has 4 heteroatoms. The molecule has 0 bridgehead atoms. The lowest BCUT2D eigenvalue weighted by molar-refractivity contribution is 0.477. The molecule has 0 amide bonds. The minimum absolute atomic E-state index is 0.0722. The Labute approximate surface area is 286 Å². The number of pyridine rings is 2. The lowest BCUT2D eigenvalue weighted by Crippen LogP contribution is -2.53. The van der Waals surface area contributed by atoms with Crippen molar-refractivity contribution in [3.63, 3.8) is 0 Å². The molecule has 0 fully saturated rings. The lowest BCUT2D eigenvalue weighted by atomic mass is 9.38. The summed E-state index contributed by atoms with van der Waals surface area (Å²) in [5.74, 6) is 0.724. The van der Waals surface area contributed by atoms with Crippen LogP contribution in [0, 0.1) is 19.8 Å². The number of para-hydroxylation sites is 1. The van der Waals surface area contributed by atoms with Crippen LogP contribution in [0.5, 0.6) is 5.75 Å². The molecule has 4 aromatic carbocycles. The minimum atomic E-state index is -0.0722. The van der Waals surface area contributed by atoms with Crippen LogP contribution >= 0.6 is 0 Å². The van der Waals surface area contributed by atoms with E-state index in [9.17, 15) is 5.11 Å². The highest BCUT2D eigenvalue weighted by atomic mass is 16.3. The fourth-order valence-electron chi connectivity index (χ4n) is 6.84. The van der Waals surface area contributed by atoms with Gasteiger partial charge in [-0.1, -0.05) is 124 Å². The van der Waals surface area contributed by atoms with Gasteiger partial charge in [0.1, 0.15) is 5.75 Å². The van der Waals surface area contributed by atoms with Gasteiger partial charge in [-0.2, -0.15) is 0 Å². The van der Waals surface area contributed by atoms with E-state index in [0.29, 0.717) is 5.92 Å². The average Bonchev–Trinajstić information content (AvgIpc) is 3.05. The average molecular weight is 629 g/mol. The van der Waals surface area contributed by atoms with E-state index in [0.717, 1.165) is 40.0 Å². The highest BCUT2D eigenvalue weighted by molar-refractivity contribution is 6.95. The monoisotopic (exact) mass is 628 g/mol. The third kappa shape index (κ3) is 7.14. The smallest absolute Gasteiger partial charge is 0.265 e. The van der Waals surface area contributed by atoms with Crippen molar-refractivity contribution in [2.24, 2.45) is 5.92 Å². The molecule has 0 radical (unpaired) electrons. The van der Waals surface area contributed by atoms with Crippen LogP contribution in [0.15, 0.2) is 121 Å². The minimum Gasteiger partial charge on any atom is -0.507 e. The number of phenols is 1. The number of phenolic OH excluding ortho intramolecular Hbond substituents is 1. The molecule has 0 atom stereocenters. The molecule has 0 saturated carbocycles. The van der Waals surface area contributed by atoms with Gasteiger partial charge in [-0.3, -0.25) is 4.98 Å². The maximum atomic E-state index is 10.7. The Kier molecular flexibility index (Phi) is 9.37.